The molecule has 1 aromatic rings. The molecule has 0 saturated carbocycles. The van der Waals surface area contributed by atoms with Crippen molar-refractivity contribution in [3.8, 4) is 0 Å². The summed E-state index contributed by atoms with van der Waals surface area (Å²) in [6, 6.07) is 0. The zero-order valence-electron chi connectivity index (χ0n) is 8.51. The van der Waals surface area contributed by atoms with Crippen molar-refractivity contribution in [2.24, 2.45) is 0 Å². The Morgan fingerprint density at radius 2 is 2.41 bits per heavy atom. The molecule has 1 aliphatic rings. The zero-order chi connectivity index (χ0) is 12.6. The Morgan fingerprint density at radius 1 is 1.71 bits per heavy atom. The van der Waals surface area contributed by atoms with E-state index in [1.54, 1.807) is 0 Å². The minimum atomic E-state index is -0.938. The molecule has 1 saturated heterocycles. The second-order valence-corrected chi connectivity index (χ2v) is 4.63. The number of aliphatic hydroxyl groups excluding tert-OH is 2. The lowest BCUT2D eigenvalue weighted by molar-refractivity contribution is -0.398. The summed E-state index contributed by atoms with van der Waals surface area (Å²) in [5.41, 5.74) is 0. The average Bonchev–Trinajstić information content (AvgIpc) is 2.86. The molecule has 1 fully saturated rings. The van der Waals surface area contributed by atoms with Crippen LogP contribution in [0.1, 0.15) is 6.23 Å². The molecule has 8 nitrogen and oxygen atoms in total. The zero-order valence-corrected chi connectivity index (χ0v) is 10.1. The van der Waals surface area contributed by atoms with Gasteiger partial charge in [0.15, 0.2) is 6.23 Å². The fraction of sp³-hybridized carbons (Fsp3) is 0.625. The number of imidazole rings is 1. The molecule has 17 heavy (non-hydrogen) atoms. The highest BCUT2D eigenvalue weighted by atomic mass is 79.9. The summed E-state index contributed by atoms with van der Waals surface area (Å²) < 4.78 is 6.55. The first kappa shape index (κ1) is 12.4. The number of aliphatic hydroxyl groups is 2. The molecule has 2 heterocycles. The summed E-state index contributed by atoms with van der Waals surface area (Å²) in [6.45, 7) is -0.359. The lowest BCUT2D eigenvalue weighted by Gasteiger charge is -2.12. The molecule has 1 aliphatic heterocycles. The smallest absolute Gasteiger partial charge is 0.394 e. The summed E-state index contributed by atoms with van der Waals surface area (Å²) in [4.78, 5) is 13.1. The number of halogens is 1. The van der Waals surface area contributed by atoms with Gasteiger partial charge in [0, 0.05) is 0 Å². The molecule has 1 unspecified atom stereocenters. The number of nitrogens with zero attached hydrogens (tertiary/aromatic N) is 3. The van der Waals surface area contributed by atoms with Crippen LogP contribution in [0.15, 0.2) is 12.4 Å². The quantitative estimate of drug-likeness (QED) is 0.455. The van der Waals surface area contributed by atoms with Crippen LogP contribution in [0, 0.1) is 10.1 Å². The molecule has 94 valence electrons. The van der Waals surface area contributed by atoms with E-state index in [0.717, 1.165) is 0 Å². The fourth-order valence-electron chi connectivity index (χ4n) is 1.72. The number of rotatable bonds is 3. The lowest BCUT2D eigenvalue weighted by Crippen LogP contribution is -2.29. The molecule has 0 aliphatic carbocycles. The van der Waals surface area contributed by atoms with Crippen LogP contribution in [0.5, 0.6) is 0 Å². The van der Waals surface area contributed by atoms with E-state index in [1.807, 2.05) is 0 Å². The molecule has 0 amide bonds. The maximum Gasteiger partial charge on any atom is 0.436 e. The summed E-state index contributed by atoms with van der Waals surface area (Å²) in [7, 11) is 0. The van der Waals surface area contributed by atoms with Gasteiger partial charge in [-0.3, -0.25) is 0 Å². The lowest BCUT2D eigenvalue weighted by atomic mass is 10.2. The van der Waals surface area contributed by atoms with E-state index in [4.69, 9.17) is 9.84 Å². The van der Waals surface area contributed by atoms with Crippen LogP contribution < -0.4 is 0 Å². The van der Waals surface area contributed by atoms with Crippen molar-refractivity contribution in [2.75, 3.05) is 6.61 Å². The van der Waals surface area contributed by atoms with Crippen LogP contribution in [-0.2, 0) is 4.74 Å². The first-order chi connectivity index (χ1) is 8.06. The Balaban J connectivity index is 2.29. The molecule has 2 N–H and O–H groups in total. The highest BCUT2D eigenvalue weighted by Gasteiger charge is 2.46. The normalized spacial score (nSPS) is 32.9. The first-order valence-corrected chi connectivity index (χ1v) is 5.73. The predicted octanol–water partition coefficient (Wildman–Crippen LogP) is -0.195. The molecule has 0 radical (unpaired) electrons. The minimum Gasteiger partial charge on any atom is -0.394 e. The second-order valence-electron chi connectivity index (χ2n) is 3.57. The van der Waals surface area contributed by atoms with Gasteiger partial charge in [-0.1, -0.05) is 20.9 Å². The molecule has 0 aromatic carbocycles. The molecule has 0 bridgehead atoms. The minimum absolute atomic E-state index is 0.359. The van der Waals surface area contributed by atoms with Crippen LogP contribution in [-0.4, -0.2) is 48.3 Å². The molecular weight excluding hydrogens is 298 g/mol. The number of hydrogen-bond donors (Lipinski definition) is 2. The maximum absolute atomic E-state index is 10.7. The van der Waals surface area contributed by atoms with Crippen molar-refractivity contribution in [1.82, 2.24) is 9.55 Å². The third-order valence-corrected chi connectivity index (χ3v) is 3.55. The second kappa shape index (κ2) is 4.69. The fourth-order valence-corrected chi connectivity index (χ4v) is 2.44. The summed E-state index contributed by atoms with van der Waals surface area (Å²) >= 11 is 3.20. The van der Waals surface area contributed by atoms with Gasteiger partial charge in [0.2, 0.25) is 0 Å². The number of nitro groups is 1. The van der Waals surface area contributed by atoms with Crippen molar-refractivity contribution in [1.29, 1.82) is 0 Å². The van der Waals surface area contributed by atoms with Gasteiger partial charge in [0.05, 0.1) is 6.61 Å². The van der Waals surface area contributed by atoms with Crippen molar-refractivity contribution < 1.29 is 19.9 Å². The standard InChI is InChI=1S/C8H10BrN3O5/c9-5-6(14)4(3-13)17-7(5)11-2-1-10-8(11)12(15)16/h1-2,4-7,13-14H,3H2/t4?,5-,6+,7+/m0/s1. The Labute approximate surface area is 104 Å². The van der Waals surface area contributed by atoms with E-state index < -0.39 is 28.2 Å². The highest BCUT2D eigenvalue weighted by Crippen LogP contribution is 2.36. The Kier molecular flexibility index (Phi) is 3.43. The molecule has 4 atom stereocenters. The monoisotopic (exact) mass is 307 g/mol. The van der Waals surface area contributed by atoms with Crippen molar-refractivity contribution in [3.63, 3.8) is 0 Å². The maximum atomic E-state index is 10.7. The van der Waals surface area contributed by atoms with Crippen molar-refractivity contribution >= 4 is 21.9 Å². The summed E-state index contributed by atoms with van der Waals surface area (Å²) in [5.74, 6) is -0.370. The summed E-state index contributed by atoms with van der Waals surface area (Å²) in [6.07, 6.45) is 0.187. The molecule has 1 aromatic heterocycles. The van der Waals surface area contributed by atoms with E-state index in [9.17, 15) is 15.2 Å². The summed E-state index contributed by atoms with van der Waals surface area (Å²) in [5, 5.41) is 29.4. The van der Waals surface area contributed by atoms with E-state index in [-0.39, 0.29) is 12.6 Å². The average molecular weight is 308 g/mol. The predicted molar refractivity (Wildman–Crippen MR) is 58.6 cm³/mol. The number of hydrogen-bond acceptors (Lipinski definition) is 6. The highest BCUT2D eigenvalue weighted by molar-refractivity contribution is 9.09. The third kappa shape index (κ3) is 2.06. The van der Waals surface area contributed by atoms with Gasteiger partial charge in [-0.15, -0.1) is 0 Å². The molecular formula is C8H10BrN3O5. The number of alkyl halides is 1. The Bertz CT molecular complexity index is 425. The van der Waals surface area contributed by atoms with Gasteiger partial charge < -0.3 is 25.1 Å². The van der Waals surface area contributed by atoms with Gasteiger partial charge in [-0.2, -0.15) is 0 Å². The van der Waals surface area contributed by atoms with Gasteiger partial charge >= 0.3 is 5.95 Å². The number of ether oxygens (including phenoxy) is 1. The molecule has 9 heteroatoms. The molecule has 0 spiro atoms. The largest absolute Gasteiger partial charge is 0.436 e. The van der Waals surface area contributed by atoms with Gasteiger partial charge in [-0.25, -0.2) is 4.57 Å². The van der Waals surface area contributed by atoms with Crippen molar-refractivity contribution in [2.45, 2.75) is 23.3 Å². The topological polar surface area (TPSA) is 111 Å². The van der Waals surface area contributed by atoms with Crippen LogP contribution in [0.4, 0.5) is 5.95 Å². The Morgan fingerprint density at radius 3 is 2.94 bits per heavy atom. The van der Waals surface area contributed by atoms with Crippen LogP contribution in [0.3, 0.4) is 0 Å². The van der Waals surface area contributed by atoms with Crippen molar-refractivity contribution in [3.05, 3.63) is 22.5 Å². The van der Waals surface area contributed by atoms with Crippen LogP contribution in [0.25, 0.3) is 0 Å². The molecule has 2 rings (SSSR count). The van der Waals surface area contributed by atoms with Gasteiger partial charge in [0.1, 0.15) is 29.4 Å². The number of aromatic nitrogens is 2. The van der Waals surface area contributed by atoms with E-state index in [2.05, 4.69) is 20.9 Å². The van der Waals surface area contributed by atoms with Gasteiger partial charge in [0.25, 0.3) is 0 Å². The van der Waals surface area contributed by atoms with Crippen LogP contribution in [0.2, 0.25) is 0 Å². The van der Waals surface area contributed by atoms with Crippen LogP contribution >= 0.6 is 15.9 Å². The SMILES string of the molecule is O=[N+]([O-])c1nccn1[C@@H]1OC(CO)[C@@H](O)[C@@H]1Br. The Hall–Kier alpha value is -1.03. The van der Waals surface area contributed by atoms with Gasteiger partial charge in [-0.05, 0) is 4.92 Å². The third-order valence-electron chi connectivity index (χ3n) is 2.56. The first-order valence-electron chi connectivity index (χ1n) is 4.82. The van der Waals surface area contributed by atoms with E-state index in [0.29, 0.717) is 0 Å². The van der Waals surface area contributed by atoms with E-state index in [1.165, 1.54) is 17.0 Å². The van der Waals surface area contributed by atoms with E-state index >= 15 is 0 Å².